The number of hydrogen-bond acceptors (Lipinski definition) is 1. The average molecular weight is 285 g/mol. The lowest BCUT2D eigenvalue weighted by Gasteiger charge is -2.26. The fraction of sp³-hybridized carbons (Fsp3) is 0.533. The van der Waals surface area contributed by atoms with E-state index in [0.29, 0.717) is 6.07 Å². The first-order valence-electron chi connectivity index (χ1n) is 6.87. The molecule has 0 aliphatic heterocycles. The minimum Gasteiger partial charge on any atom is -0.341 e. The summed E-state index contributed by atoms with van der Waals surface area (Å²) >= 11 is 0. The zero-order chi connectivity index (χ0) is 14.7. The molecular formula is C15H18F3NO. The molecule has 1 saturated carbocycles. The van der Waals surface area contributed by atoms with Crippen molar-refractivity contribution in [2.24, 2.45) is 5.92 Å². The second kappa shape index (κ2) is 6.29. The van der Waals surface area contributed by atoms with Crippen LogP contribution in [-0.2, 0) is 11.3 Å². The molecule has 1 aliphatic carbocycles. The lowest BCUT2D eigenvalue weighted by Crippen LogP contribution is -2.33. The fourth-order valence-electron chi connectivity index (χ4n) is 2.72. The molecule has 0 spiro atoms. The number of halogens is 3. The molecule has 1 aromatic carbocycles. The van der Waals surface area contributed by atoms with E-state index in [9.17, 15) is 18.0 Å². The maximum absolute atomic E-state index is 13.6. The molecule has 1 amide bonds. The lowest BCUT2D eigenvalue weighted by atomic mass is 9.88. The van der Waals surface area contributed by atoms with Crippen LogP contribution in [0.25, 0.3) is 0 Å². The van der Waals surface area contributed by atoms with Crippen molar-refractivity contribution in [2.75, 3.05) is 7.05 Å². The van der Waals surface area contributed by atoms with Gasteiger partial charge in [-0.05, 0) is 18.9 Å². The van der Waals surface area contributed by atoms with Crippen LogP contribution >= 0.6 is 0 Å². The lowest BCUT2D eigenvalue weighted by molar-refractivity contribution is -0.135. The maximum Gasteiger partial charge on any atom is 0.225 e. The van der Waals surface area contributed by atoms with Crippen LogP contribution in [0.2, 0.25) is 0 Å². The van der Waals surface area contributed by atoms with Crippen LogP contribution < -0.4 is 0 Å². The Bertz CT molecular complexity index is 498. The Labute approximate surface area is 116 Å². The van der Waals surface area contributed by atoms with Gasteiger partial charge in [-0.1, -0.05) is 19.3 Å². The van der Waals surface area contributed by atoms with Crippen molar-refractivity contribution in [3.8, 4) is 0 Å². The van der Waals surface area contributed by atoms with Crippen molar-refractivity contribution in [1.82, 2.24) is 4.90 Å². The molecule has 5 heteroatoms. The molecule has 1 aromatic rings. The molecule has 0 atom stereocenters. The molecule has 0 N–H and O–H groups in total. The number of hydrogen-bond donors (Lipinski definition) is 0. The van der Waals surface area contributed by atoms with Gasteiger partial charge in [0.05, 0.1) is 0 Å². The van der Waals surface area contributed by atoms with Crippen molar-refractivity contribution in [3.63, 3.8) is 0 Å². The number of carbonyl (C=O) groups is 1. The van der Waals surface area contributed by atoms with Gasteiger partial charge in [0, 0.05) is 31.1 Å². The molecule has 2 rings (SSSR count). The van der Waals surface area contributed by atoms with E-state index in [1.165, 1.54) is 4.90 Å². The summed E-state index contributed by atoms with van der Waals surface area (Å²) in [4.78, 5) is 13.6. The van der Waals surface area contributed by atoms with Crippen LogP contribution in [0.15, 0.2) is 12.1 Å². The van der Waals surface area contributed by atoms with Crippen LogP contribution in [0.1, 0.15) is 37.7 Å². The summed E-state index contributed by atoms with van der Waals surface area (Å²) in [5.74, 6) is -3.27. The molecule has 1 fully saturated rings. The third-order valence-corrected chi connectivity index (χ3v) is 3.81. The SMILES string of the molecule is CN(Cc1cc(F)cc(F)c1F)C(=O)C1CCCCC1. The van der Waals surface area contributed by atoms with E-state index in [1.54, 1.807) is 7.05 Å². The van der Waals surface area contributed by atoms with Crippen LogP contribution in [0.4, 0.5) is 13.2 Å². The Hall–Kier alpha value is -1.52. The second-order valence-electron chi connectivity index (χ2n) is 5.39. The number of rotatable bonds is 3. The summed E-state index contributed by atoms with van der Waals surface area (Å²) in [5, 5.41) is 0. The summed E-state index contributed by atoms with van der Waals surface area (Å²) in [5.41, 5.74) is -0.130. The highest BCUT2D eigenvalue weighted by molar-refractivity contribution is 5.78. The van der Waals surface area contributed by atoms with Gasteiger partial charge in [-0.15, -0.1) is 0 Å². The molecule has 0 aromatic heterocycles. The van der Waals surface area contributed by atoms with E-state index in [0.717, 1.165) is 38.2 Å². The molecule has 0 radical (unpaired) electrons. The zero-order valence-corrected chi connectivity index (χ0v) is 11.5. The minimum atomic E-state index is -1.22. The van der Waals surface area contributed by atoms with Gasteiger partial charge in [0.2, 0.25) is 5.91 Å². The standard InChI is InChI=1S/C15H18F3NO/c1-19(15(20)10-5-3-2-4-6-10)9-11-7-12(16)8-13(17)14(11)18/h7-8,10H,2-6,9H2,1H3. The normalized spacial score (nSPS) is 16.2. The van der Waals surface area contributed by atoms with Gasteiger partial charge in [0.15, 0.2) is 11.6 Å². The Balaban J connectivity index is 2.07. The summed E-state index contributed by atoms with van der Waals surface area (Å²) in [6.07, 6.45) is 4.85. The first kappa shape index (κ1) is 14.9. The molecule has 0 heterocycles. The Morgan fingerprint density at radius 1 is 1.20 bits per heavy atom. The molecule has 0 bridgehead atoms. The average Bonchev–Trinajstić information content (AvgIpc) is 2.44. The van der Waals surface area contributed by atoms with E-state index >= 15 is 0 Å². The fourth-order valence-corrected chi connectivity index (χ4v) is 2.72. The number of benzene rings is 1. The smallest absolute Gasteiger partial charge is 0.225 e. The number of nitrogens with zero attached hydrogens (tertiary/aromatic N) is 1. The first-order chi connectivity index (χ1) is 9.49. The summed E-state index contributed by atoms with van der Waals surface area (Å²) in [6.45, 7) is -0.115. The molecule has 0 unspecified atom stereocenters. The molecule has 2 nitrogen and oxygen atoms in total. The number of amides is 1. The van der Waals surface area contributed by atoms with Gasteiger partial charge in [0.25, 0.3) is 0 Å². The highest BCUT2D eigenvalue weighted by Gasteiger charge is 2.25. The van der Waals surface area contributed by atoms with E-state index in [-0.39, 0.29) is 23.9 Å². The predicted molar refractivity (Wildman–Crippen MR) is 69.4 cm³/mol. The quantitative estimate of drug-likeness (QED) is 0.776. The van der Waals surface area contributed by atoms with Gasteiger partial charge >= 0.3 is 0 Å². The van der Waals surface area contributed by atoms with E-state index in [1.807, 2.05) is 0 Å². The first-order valence-corrected chi connectivity index (χ1v) is 6.87. The topological polar surface area (TPSA) is 20.3 Å². The maximum atomic E-state index is 13.6. The molecule has 1 aliphatic rings. The summed E-state index contributed by atoms with van der Waals surface area (Å²) in [7, 11) is 1.54. The predicted octanol–water partition coefficient (Wildman–Crippen LogP) is 3.64. The van der Waals surface area contributed by atoms with Crippen LogP contribution in [0, 0.1) is 23.4 Å². The third kappa shape index (κ3) is 3.32. The zero-order valence-electron chi connectivity index (χ0n) is 11.5. The molecule has 0 saturated heterocycles. The Morgan fingerprint density at radius 2 is 1.85 bits per heavy atom. The van der Waals surface area contributed by atoms with Crippen molar-refractivity contribution < 1.29 is 18.0 Å². The van der Waals surface area contributed by atoms with Crippen LogP contribution in [-0.4, -0.2) is 17.9 Å². The third-order valence-electron chi connectivity index (χ3n) is 3.81. The van der Waals surface area contributed by atoms with Crippen molar-refractivity contribution in [3.05, 3.63) is 35.1 Å². The van der Waals surface area contributed by atoms with Gasteiger partial charge in [-0.2, -0.15) is 0 Å². The van der Waals surface area contributed by atoms with E-state index in [2.05, 4.69) is 0 Å². The number of carbonyl (C=O) groups excluding carboxylic acids is 1. The van der Waals surface area contributed by atoms with Gasteiger partial charge in [-0.25, -0.2) is 13.2 Å². The highest BCUT2D eigenvalue weighted by Crippen LogP contribution is 2.26. The highest BCUT2D eigenvalue weighted by atomic mass is 19.2. The van der Waals surface area contributed by atoms with Gasteiger partial charge in [-0.3, -0.25) is 4.79 Å². The van der Waals surface area contributed by atoms with Crippen LogP contribution in [0.5, 0.6) is 0 Å². The Morgan fingerprint density at radius 3 is 2.50 bits per heavy atom. The summed E-state index contributed by atoms with van der Waals surface area (Å²) in [6, 6.07) is 1.44. The van der Waals surface area contributed by atoms with Crippen molar-refractivity contribution >= 4 is 5.91 Å². The monoisotopic (exact) mass is 285 g/mol. The minimum absolute atomic E-state index is 0.0461. The molecular weight excluding hydrogens is 267 g/mol. The molecule has 20 heavy (non-hydrogen) atoms. The van der Waals surface area contributed by atoms with E-state index < -0.39 is 17.5 Å². The summed E-state index contributed by atoms with van der Waals surface area (Å²) < 4.78 is 39.8. The Kier molecular flexibility index (Phi) is 4.68. The van der Waals surface area contributed by atoms with Gasteiger partial charge in [0.1, 0.15) is 5.82 Å². The van der Waals surface area contributed by atoms with Crippen molar-refractivity contribution in [2.45, 2.75) is 38.6 Å². The second-order valence-corrected chi connectivity index (χ2v) is 5.39. The van der Waals surface area contributed by atoms with Crippen molar-refractivity contribution in [1.29, 1.82) is 0 Å². The largest absolute Gasteiger partial charge is 0.341 e. The van der Waals surface area contributed by atoms with Crippen LogP contribution in [0.3, 0.4) is 0 Å². The van der Waals surface area contributed by atoms with Gasteiger partial charge < -0.3 is 4.90 Å². The van der Waals surface area contributed by atoms with E-state index in [4.69, 9.17) is 0 Å². The molecule has 110 valence electrons.